The first-order chi connectivity index (χ1) is 8.36. The minimum absolute atomic E-state index is 0.639. The van der Waals surface area contributed by atoms with Gasteiger partial charge in [0.1, 0.15) is 12.0 Å². The molecule has 0 saturated heterocycles. The number of aryl methyl sites for hydroxylation is 1. The van der Waals surface area contributed by atoms with E-state index in [1.165, 1.54) is 5.56 Å². The summed E-state index contributed by atoms with van der Waals surface area (Å²) < 4.78 is 5.58. The SMILES string of the molecule is C=CCCCOc1ccc(CCCC=O)cc1. The van der Waals surface area contributed by atoms with E-state index in [-0.39, 0.29) is 0 Å². The molecule has 0 fully saturated rings. The van der Waals surface area contributed by atoms with Gasteiger partial charge in [0.25, 0.3) is 0 Å². The number of carbonyl (C=O) groups is 1. The molecule has 0 heterocycles. The lowest BCUT2D eigenvalue weighted by Gasteiger charge is -2.06. The highest BCUT2D eigenvalue weighted by Gasteiger charge is 1.96. The second-order valence-electron chi connectivity index (χ2n) is 3.98. The second-order valence-corrected chi connectivity index (χ2v) is 3.98. The number of rotatable bonds is 9. The molecule has 0 N–H and O–H groups in total. The number of carbonyl (C=O) groups excluding carboxylic acids is 1. The monoisotopic (exact) mass is 232 g/mol. The molecule has 0 aromatic heterocycles. The summed E-state index contributed by atoms with van der Waals surface area (Å²) in [6.07, 6.45) is 7.38. The Labute approximate surface area is 103 Å². The molecule has 2 heteroatoms. The summed E-state index contributed by atoms with van der Waals surface area (Å²) in [6, 6.07) is 8.11. The smallest absolute Gasteiger partial charge is 0.120 e. The Morgan fingerprint density at radius 1 is 1.12 bits per heavy atom. The van der Waals surface area contributed by atoms with Crippen molar-refractivity contribution in [3.63, 3.8) is 0 Å². The van der Waals surface area contributed by atoms with Crippen molar-refractivity contribution in [2.24, 2.45) is 0 Å². The summed E-state index contributed by atoms with van der Waals surface area (Å²) in [4.78, 5) is 10.2. The highest BCUT2D eigenvalue weighted by atomic mass is 16.5. The summed E-state index contributed by atoms with van der Waals surface area (Å²) in [7, 11) is 0. The molecule has 0 radical (unpaired) electrons. The van der Waals surface area contributed by atoms with Crippen LogP contribution in [0.25, 0.3) is 0 Å². The van der Waals surface area contributed by atoms with Crippen molar-refractivity contribution in [3.8, 4) is 5.75 Å². The van der Waals surface area contributed by atoms with E-state index in [0.717, 1.165) is 44.3 Å². The molecule has 17 heavy (non-hydrogen) atoms. The predicted octanol–water partition coefficient (Wildman–Crippen LogP) is 3.55. The molecular formula is C15H20O2. The van der Waals surface area contributed by atoms with Crippen LogP contribution in [0.5, 0.6) is 5.75 Å². The van der Waals surface area contributed by atoms with E-state index in [2.05, 4.69) is 18.7 Å². The van der Waals surface area contributed by atoms with Crippen molar-refractivity contribution >= 4 is 6.29 Å². The summed E-state index contributed by atoms with van der Waals surface area (Å²) in [5.74, 6) is 0.910. The fourth-order valence-electron chi connectivity index (χ4n) is 1.56. The van der Waals surface area contributed by atoms with E-state index < -0.39 is 0 Å². The van der Waals surface area contributed by atoms with E-state index in [4.69, 9.17) is 4.74 Å². The van der Waals surface area contributed by atoms with Crippen molar-refractivity contribution < 1.29 is 9.53 Å². The Balaban J connectivity index is 2.28. The third-order valence-corrected chi connectivity index (χ3v) is 2.53. The zero-order valence-corrected chi connectivity index (χ0v) is 10.2. The Morgan fingerprint density at radius 2 is 1.88 bits per heavy atom. The van der Waals surface area contributed by atoms with Gasteiger partial charge in [-0.05, 0) is 43.4 Å². The van der Waals surface area contributed by atoms with Crippen LogP contribution < -0.4 is 4.74 Å². The van der Waals surface area contributed by atoms with Crippen LogP contribution in [0.2, 0.25) is 0 Å². The quantitative estimate of drug-likeness (QED) is 0.370. The highest BCUT2D eigenvalue weighted by molar-refractivity contribution is 5.49. The highest BCUT2D eigenvalue weighted by Crippen LogP contribution is 2.14. The second kappa shape index (κ2) is 8.57. The normalized spacial score (nSPS) is 9.88. The van der Waals surface area contributed by atoms with Gasteiger partial charge in [0.2, 0.25) is 0 Å². The van der Waals surface area contributed by atoms with Crippen LogP contribution in [0.3, 0.4) is 0 Å². The standard InChI is InChI=1S/C15H20O2/c1-2-3-6-13-17-15-10-8-14(9-11-15)7-4-5-12-16/h2,8-12H,1,3-7,13H2. The van der Waals surface area contributed by atoms with Crippen molar-refractivity contribution in [1.29, 1.82) is 0 Å². The van der Waals surface area contributed by atoms with Gasteiger partial charge in [-0.15, -0.1) is 6.58 Å². The Hall–Kier alpha value is -1.57. The van der Waals surface area contributed by atoms with E-state index in [1.807, 2.05) is 18.2 Å². The molecule has 1 aromatic rings. The van der Waals surface area contributed by atoms with E-state index >= 15 is 0 Å². The van der Waals surface area contributed by atoms with Crippen LogP contribution >= 0.6 is 0 Å². The molecule has 0 aliphatic heterocycles. The lowest BCUT2D eigenvalue weighted by molar-refractivity contribution is -0.107. The molecular weight excluding hydrogens is 212 g/mol. The Kier molecular flexibility index (Phi) is 6.80. The maximum atomic E-state index is 10.2. The molecule has 0 bridgehead atoms. The van der Waals surface area contributed by atoms with Crippen molar-refractivity contribution in [2.75, 3.05) is 6.61 Å². The fraction of sp³-hybridized carbons (Fsp3) is 0.400. The Bertz CT molecular complexity index is 327. The van der Waals surface area contributed by atoms with Crippen molar-refractivity contribution in [2.45, 2.75) is 32.1 Å². The van der Waals surface area contributed by atoms with E-state index in [1.54, 1.807) is 0 Å². The molecule has 0 spiro atoms. The molecule has 1 rings (SSSR count). The van der Waals surface area contributed by atoms with Gasteiger partial charge in [0, 0.05) is 6.42 Å². The molecule has 0 aliphatic carbocycles. The first kappa shape index (κ1) is 13.5. The number of ether oxygens (including phenoxy) is 1. The van der Waals surface area contributed by atoms with Crippen LogP contribution in [0.1, 0.15) is 31.2 Å². The van der Waals surface area contributed by atoms with Crippen LogP contribution in [-0.2, 0) is 11.2 Å². The minimum Gasteiger partial charge on any atom is -0.494 e. The Morgan fingerprint density at radius 3 is 2.53 bits per heavy atom. The molecule has 0 aliphatic rings. The largest absolute Gasteiger partial charge is 0.494 e. The predicted molar refractivity (Wildman–Crippen MR) is 70.4 cm³/mol. The minimum atomic E-state index is 0.639. The third kappa shape index (κ3) is 5.91. The number of allylic oxidation sites excluding steroid dienone is 1. The average molecular weight is 232 g/mol. The topological polar surface area (TPSA) is 26.3 Å². The van der Waals surface area contributed by atoms with Gasteiger partial charge in [0.05, 0.1) is 6.61 Å². The number of aldehydes is 1. The van der Waals surface area contributed by atoms with Crippen molar-refractivity contribution in [3.05, 3.63) is 42.5 Å². The first-order valence-corrected chi connectivity index (χ1v) is 6.13. The van der Waals surface area contributed by atoms with Crippen LogP contribution in [0.15, 0.2) is 36.9 Å². The molecule has 92 valence electrons. The van der Waals surface area contributed by atoms with Crippen LogP contribution in [0.4, 0.5) is 0 Å². The number of hydrogen-bond donors (Lipinski definition) is 0. The summed E-state index contributed by atoms with van der Waals surface area (Å²) in [6.45, 7) is 4.40. The molecule has 1 aromatic carbocycles. The van der Waals surface area contributed by atoms with Gasteiger partial charge >= 0.3 is 0 Å². The average Bonchev–Trinajstić information content (AvgIpc) is 2.37. The molecule has 0 unspecified atom stereocenters. The van der Waals surface area contributed by atoms with Crippen LogP contribution in [-0.4, -0.2) is 12.9 Å². The summed E-state index contributed by atoms with van der Waals surface area (Å²) >= 11 is 0. The number of unbranched alkanes of at least 4 members (excludes halogenated alkanes) is 2. The maximum Gasteiger partial charge on any atom is 0.120 e. The first-order valence-electron chi connectivity index (χ1n) is 6.13. The molecule has 2 nitrogen and oxygen atoms in total. The summed E-state index contributed by atoms with van der Waals surface area (Å²) in [5, 5.41) is 0. The van der Waals surface area contributed by atoms with Crippen LogP contribution in [0, 0.1) is 0 Å². The van der Waals surface area contributed by atoms with Gasteiger partial charge in [-0.1, -0.05) is 18.2 Å². The third-order valence-electron chi connectivity index (χ3n) is 2.53. The summed E-state index contributed by atoms with van der Waals surface area (Å²) in [5.41, 5.74) is 1.25. The van der Waals surface area contributed by atoms with Gasteiger partial charge in [0.15, 0.2) is 0 Å². The number of benzene rings is 1. The van der Waals surface area contributed by atoms with Gasteiger partial charge < -0.3 is 9.53 Å². The lowest BCUT2D eigenvalue weighted by Crippen LogP contribution is -1.96. The lowest BCUT2D eigenvalue weighted by atomic mass is 10.1. The van der Waals surface area contributed by atoms with Gasteiger partial charge in [-0.2, -0.15) is 0 Å². The van der Waals surface area contributed by atoms with E-state index in [0.29, 0.717) is 6.42 Å². The van der Waals surface area contributed by atoms with Gasteiger partial charge in [-0.25, -0.2) is 0 Å². The molecule has 0 atom stereocenters. The van der Waals surface area contributed by atoms with E-state index in [9.17, 15) is 4.79 Å². The molecule has 0 saturated carbocycles. The zero-order chi connectivity index (χ0) is 12.3. The van der Waals surface area contributed by atoms with Gasteiger partial charge in [-0.3, -0.25) is 0 Å². The maximum absolute atomic E-state index is 10.2. The number of hydrogen-bond acceptors (Lipinski definition) is 2. The van der Waals surface area contributed by atoms with Crippen molar-refractivity contribution in [1.82, 2.24) is 0 Å². The molecule has 0 amide bonds. The zero-order valence-electron chi connectivity index (χ0n) is 10.2. The fourth-order valence-corrected chi connectivity index (χ4v) is 1.56.